The average molecular weight is 553 g/mol. The van der Waals surface area contributed by atoms with E-state index in [9.17, 15) is 13.2 Å². The van der Waals surface area contributed by atoms with Crippen LogP contribution < -0.4 is 20.1 Å². The average Bonchev–Trinajstić information content (AvgIpc) is 3.46. The molecule has 1 amide bonds. The van der Waals surface area contributed by atoms with Crippen molar-refractivity contribution < 1.29 is 17.9 Å². The molecule has 1 aromatic carbocycles. The molecule has 0 radical (unpaired) electrons. The van der Waals surface area contributed by atoms with Gasteiger partial charge in [-0.1, -0.05) is 39.8 Å². The quantitative estimate of drug-likeness (QED) is 0.418. The molecule has 1 aliphatic heterocycles. The second-order valence-electron chi connectivity index (χ2n) is 12.0. The normalized spacial score (nSPS) is 18.7. The summed E-state index contributed by atoms with van der Waals surface area (Å²) >= 11 is 0. The number of nitrogens with two attached hydrogens (primary N) is 1. The van der Waals surface area contributed by atoms with Gasteiger partial charge in [-0.2, -0.15) is 0 Å². The Balaban J connectivity index is 1.51. The van der Waals surface area contributed by atoms with Crippen molar-refractivity contribution in [3.05, 3.63) is 54.2 Å². The number of hydrogen-bond acceptors (Lipinski definition) is 8. The first kappa shape index (κ1) is 27.0. The van der Waals surface area contributed by atoms with Gasteiger partial charge in [-0.3, -0.25) is 4.79 Å². The molecule has 5 rings (SSSR count). The maximum absolute atomic E-state index is 13.5. The molecule has 2 aliphatic rings. The van der Waals surface area contributed by atoms with Gasteiger partial charge in [0.2, 0.25) is 5.88 Å². The molecular formula is C28H36N6O4S. The zero-order chi connectivity index (χ0) is 28.0. The Morgan fingerprint density at radius 3 is 2.59 bits per heavy atom. The topological polar surface area (TPSA) is 132 Å². The van der Waals surface area contributed by atoms with Crippen LogP contribution in [0.15, 0.2) is 53.6 Å². The lowest BCUT2D eigenvalue weighted by Crippen LogP contribution is -2.50. The Morgan fingerprint density at radius 2 is 1.92 bits per heavy atom. The lowest BCUT2D eigenvalue weighted by Gasteiger charge is -2.47. The summed E-state index contributed by atoms with van der Waals surface area (Å²) in [5.74, 6) is 1.11. The van der Waals surface area contributed by atoms with E-state index < -0.39 is 15.9 Å². The number of nitrogens with one attached hydrogen (secondary N) is 1. The highest BCUT2D eigenvalue weighted by Crippen LogP contribution is 2.49. The van der Waals surface area contributed by atoms with E-state index in [0.717, 1.165) is 32.2 Å². The molecule has 39 heavy (non-hydrogen) atoms. The molecule has 2 aromatic heterocycles. The van der Waals surface area contributed by atoms with Crippen LogP contribution in [0.2, 0.25) is 0 Å². The van der Waals surface area contributed by atoms with Crippen LogP contribution in [-0.2, 0) is 10.0 Å². The van der Waals surface area contributed by atoms with Gasteiger partial charge in [-0.15, -0.1) is 5.10 Å². The Bertz CT molecular complexity index is 1490. The predicted molar refractivity (Wildman–Crippen MR) is 150 cm³/mol. The molecule has 3 aromatic rings. The molecule has 3 N–H and O–H groups in total. The van der Waals surface area contributed by atoms with Crippen LogP contribution in [0.25, 0.3) is 5.82 Å². The lowest BCUT2D eigenvalue weighted by molar-refractivity contribution is 0.0981. The predicted octanol–water partition coefficient (Wildman–Crippen LogP) is 4.16. The molecule has 3 heterocycles. The Morgan fingerprint density at radius 1 is 1.18 bits per heavy atom. The SMILES string of the molecule is CC1CN(c2nc(-n3ccc(OCC(C)(C)C)n3)ccc2C(=O)NS(=O)(=O)c2ccccc2N)C2(CCC2)C1. The minimum atomic E-state index is -4.19. The molecule has 1 saturated heterocycles. The number of carbonyl (C=O) groups is 1. The number of para-hydroxylation sites is 1. The smallest absolute Gasteiger partial charge is 0.268 e. The number of carbonyl (C=O) groups excluding carboxylic acids is 1. The van der Waals surface area contributed by atoms with Crippen molar-refractivity contribution in [1.29, 1.82) is 0 Å². The molecule has 1 unspecified atom stereocenters. The van der Waals surface area contributed by atoms with Crippen LogP contribution in [0.1, 0.15) is 63.7 Å². The van der Waals surface area contributed by atoms with Crippen LogP contribution in [0.3, 0.4) is 0 Å². The number of aromatic nitrogens is 3. The number of benzene rings is 1. The monoisotopic (exact) mass is 552 g/mol. The molecule has 0 bridgehead atoms. The van der Waals surface area contributed by atoms with Crippen LogP contribution in [0.4, 0.5) is 11.5 Å². The van der Waals surface area contributed by atoms with Gasteiger partial charge in [0.05, 0.1) is 17.9 Å². The van der Waals surface area contributed by atoms with Gasteiger partial charge in [0.1, 0.15) is 10.7 Å². The van der Waals surface area contributed by atoms with Crippen molar-refractivity contribution in [2.24, 2.45) is 11.3 Å². The number of anilines is 2. The summed E-state index contributed by atoms with van der Waals surface area (Å²) in [6, 6.07) is 11.1. The number of sulfonamides is 1. The zero-order valence-electron chi connectivity index (χ0n) is 22.8. The summed E-state index contributed by atoms with van der Waals surface area (Å²) < 4.78 is 35.8. The van der Waals surface area contributed by atoms with E-state index in [1.54, 1.807) is 41.2 Å². The largest absolute Gasteiger partial charge is 0.476 e. The van der Waals surface area contributed by atoms with Gasteiger partial charge in [-0.05, 0) is 61.3 Å². The third kappa shape index (κ3) is 5.45. The zero-order valence-corrected chi connectivity index (χ0v) is 23.7. The molecule has 208 valence electrons. The first-order valence-corrected chi connectivity index (χ1v) is 14.7. The number of nitrogen functional groups attached to an aromatic ring is 1. The molecule has 2 fully saturated rings. The number of rotatable bonds is 7. The molecule has 1 aliphatic carbocycles. The van der Waals surface area contributed by atoms with Crippen LogP contribution in [0, 0.1) is 11.3 Å². The summed E-state index contributed by atoms with van der Waals surface area (Å²) in [5.41, 5.74) is 6.05. The summed E-state index contributed by atoms with van der Waals surface area (Å²) in [6.07, 6.45) is 5.90. The van der Waals surface area contributed by atoms with Crippen molar-refractivity contribution >= 4 is 27.4 Å². The number of ether oxygens (including phenoxy) is 1. The molecule has 11 heteroatoms. The van der Waals surface area contributed by atoms with Crippen molar-refractivity contribution in [3.63, 3.8) is 0 Å². The van der Waals surface area contributed by atoms with E-state index in [4.69, 9.17) is 15.5 Å². The van der Waals surface area contributed by atoms with Gasteiger partial charge >= 0.3 is 0 Å². The molecule has 1 spiro atoms. The van der Waals surface area contributed by atoms with Crippen molar-refractivity contribution in [2.45, 2.75) is 63.8 Å². The first-order chi connectivity index (χ1) is 18.4. The number of amides is 1. The molecule has 1 saturated carbocycles. The highest BCUT2D eigenvalue weighted by atomic mass is 32.2. The summed E-state index contributed by atoms with van der Waals surface area (Å²) in [7, 11) is -4.19. The van der Waals surface area contributed by atoms with Gasteiger partial charge in [0.15, 0.2) is 5.82 Å². The second-order valence-corrected chi connectivity index (χ2v) is 13.6. The Labute approximate surface area is 229 Å². The van der Waals surface area contributed by atoms with Gasteiger partial charge in [0.25, 0.3) is 15.9 Å². The van der Waals surface area contributed by atoms with E-state index in [-0.39, 0.29) is 27.1 Å². The van der Waals surface area contributed by atoms with E-state index in [1.807, 2.05) is 0 Å². The highest BCUT2D eigenvalue weighted by molar-refractivity contribution is 7.90. The fraction of sp³-hybridized carbons (Fsp3) is 0.464. The maximum Gasteiger partial charge on any atom is 0.268 e. The second kappa shape index (κ2) is 9.86. The summed E-state index contributed by atoms with van der Waals surface area (Å²) in [6.45, 7) is 9.69. The Kier molecular flexibility index (Phi) is 6.82. The van der Waals surface area contributed by atoms with Gasteiger partial charge < -0.3 is 15.4 Å². The van der Waals surface area contributed by atoms with E-state index >= 15 is 0 Å². The lowest BCUT2D eigenvalue weighted by atomic mass is 9.73. The summed E-state index contributed by atoms with van der Waals surface area (Å²) in [5, 5.41) is 4.52. The summed E-state index contributed by atoms with van der Waals surface area (Å²) in [4.78, 5) is 20.5. The van der Waals surface area contributed by atoms with Crippen LogP contribution in [0.5, 0.6) is 5.88 Å². The minimum absolute atomic E-state index is 0.0154. The van der Waals surface area contributed by atoms with Crippen molar-refractivity contribution in [3.8, 4) is 11.7 Å². The van der Waals surface area contributed by atoms with Gasteiger partial charge in [-0.25, -0.2) is 22.8 Å². The maximum atomic E-state index is 13.5. The van der Waals surface area contributed by atoms with Gasteiger partial charge in [0, 0.05) is 24.3 Å². The van der Waals surface area contributed by atoms with E-state index in [2.05, 4.69) is 42.4 Å². The number of nitrogens with zero attached hydrogens (tertiary/aromatic N) is 4. The third-order valence-corrected chi connectivity index (χ3v) is 8.73. The van der Waals surface area contributed by atoms with Crippen molar-refractivity contribution in [2.75, 3.05) is 23.8 Å². The van der Waals surface area contributed by atoms with E-state index in [0.29, 0.717) is 30.0 Å². The fourth-order valence-electron chi connectivity index (χ4n) is 5.41. The standard InChI is InChI=1S/C28H36N6O4S/c1-19-16-28(13-7-14-28)33(17-19)25-20(26(35)32-39(36,37)22-9-6-5-8-21(22)29)10-11-23(30-25)34-15-12-24(31-34)38-18-27(2,3)4/h5-6,8-12,15,19H,7,13-14,16-18,29H2,1-4H3,(H,32,35). The highest BCUT2D eigenvalue weighted by Gasteiger charge is 2.49. The fourth-order valence-corrected chi connectivity index (χ4v) is 6.51. The number of hydrogen-bond donors (Lipinski definition) is 2. The third-order valence-electron chi connectivity index (χ3n) is 7.33. The first-order valence-electron chi connectivity index (χ1n) is 13.3. The van der Waals surface area contributed by atoms with Crippen LogP contribution in [-0.4, -0.2) is 47.8 Å². The minimum Gasteiger partial charge on any atom is -0.476 e. The molecule has 1 atom stereocenters. The van der Waals surface area contributed by atoms with Crippen molar-refractivity contribution in [1.82, 2.24) is 19.5 Å². The molecule has 10 nitrogen and oxygen atoms in total. The van der Waals surface area contributed by atoms with Crippen LogP contribution >= 0.6 is 0 Å². The van der Waals surface area contributed by atoms with E-state index in [1.165, 1.54) is 12.1 Å². The Hall–Kier alpha value is -3.60. The number of pyridine rings is 1. The molecular weight excluding hydrogens is 516 g/mol.